The van der Waals surface area contributed by atoms with Gasteiger partial charge in [-0.05, 0) is 31.9 Å². The van der Waals surface area contributed by atoms with Crippen LogP contribution < -0.4 is 10.6 Å². The van der Waals surface area contributed by atoms with E-state index in [1.807, 2.05) is 12.3 Å². The molecule has 0 amide bonds. The zero-order valence-electron chi connectivity index (χ0n) is 13.8. The third-order valence-electron chi connectivity index (χ3n) is 3.36. The van der Waals surface area contributed by atoms with Crippen molar-refractivity contribution in [3.05, 3.63) is 45.7 Å². The zero-order valence-corrected chi connectivity index (χ0v) is 16.9. The minimum Gasteiger partial charge on any atom is -0.356 e. The monoisotopic (exact) mass is 445 g/mol. The maximum absolute atomic E-state index is 4.55. The highest BCUT2D eigenvalue weighted by Crippen LogP contribution is 2.16. The minimum atomic E-state index is 0. The molecule has 126 valence electrons. The van der Waals surface area contributed by atoms with Gasteiger partial charge in [0, 0.05) is 43.8 Å². The maximum Gasteiger partial charge on any atom is 0.191 e. The van der Waals surface area contributed by atoms with Crippen LogP contribution in [0.25, 0.3) is 0 Å². The van der Waals surface area contributed by atoms with E-state index in [0.29, 0.717) is 0 Å². The fourth-order valence-corrected chi connectivity index (χ4v) is 2.96. The summed E-state index contributed by atoms with van der Waals surface area (Å²) in [6.07, 6.45) is 5.53. The van der Waals surface area contributed by atoms with Crippen LogP contribution >= 0.6 is 35.3 Å². The molecule has 0 aliphatic heterocycles. The quantitative estimate of drug-likeness (QED) is 0.408. The lowest BCUT2D eigenvalue weighted by atomic mass is 10.2. The highest BCUT2D eigenvalue weighted by atomic mass is 127. The molecule has 0 saturated heterocycles. The molecule has 7 heteroatoms. The van der Waals surface area contributed by atoms with E-state index < -0.39 is 0 Å². The Morgan fingerprint density at radius 1 is 1.22 bits per heavy atom. The third kappa shape index (κ3) is 6.82. The highest BCUT2D eigenvalue weighted by molar-refractivity contribution is 14.0. The number of nitrogens with zero attached hydrogens (tertiary/aromatic N) is 3. The van der Waals surface area contributed by atoms with Crippen molar-refractivity contribution in [2.45, 2.75) is 26.7 Å². The Morgan fingerprint density at radius 3 is 2.52 bits per heavy atom. The lowest BCUT2D eigenvalue weighted by Crippen LogP contribution is -2.39. The molecule has 5 nitrogen and oxygen atoms in total. The van der Waals surface area contributed by atoms with Crippen molar-refractivity contribution in [1.82, 2.24) is 20.6 Å². The van der Waals surface area contributed by atoms with Crippen molar-refractivity contribution in [2.75, 3.05) is 20.1 Å². The first-order valence-corrected chi connectivity index (χ1v) is 8.27. The smallest absolute Gasteiger partial charge is 0.191 e. The van der Waals surface area contributed by atoms with Gasteiger partial charge in [0.05, 0.1) is 10.7 Å². The van der Waals surface area contributed by atoms with Crippen LogP contribution in [0.3, 0.4) is 0 Å². The van der Waals surface area contributed by atoms with Crippen molar-refractivity contribution in [3.63, 3.8) is 0 Å². The second-order valence-electron chi connectivity index (χ2n) is 5.04. The van der Waals surface area contributed by atoms with Gasteiger partial charge in [-0.1, -0.05) is 6.07 Å². The Labute approximate surface area is 159 Å². The second kappa shape index (κ2) is 10.5. The second-order valence-corrected chi connectivity index (χ2v) is 6.32. The number of rotatable bonds is 6. The molecule has 0 unspecified atom stereocenters. The fourth-order valence-electron chi connectivity index (χ4n) is 2.03. The Kier molecular flexibility index (Phi) is 9.08. The average Bonchev–Trinajstić information content (AvgIpc) is 2.85. The van der Waals surface area contributed by atoms with Crippen molar-refractivity contribution < 1.29 is 0 Å². The summed E-state index contributed by atoms with van der Waals surface area (Å²) in [4.78, 5) is 14.2. The van der Waals surface area contributed by atoms with Gasteiger partial charge in [0.1, 0.15) is 0 Å². The molecule has 0 aliphatic carbocycles. The first kappa shape index (κ1) is 19.8. The molecule has 2 N–H and O–H groups in total. The van der Waals surface area contributed by atoms with Crippen molar-refractivity contribution in [2.24, 2.45) is 4.99 Å². The Bertz CT molecular complexity index is 593. The summed E-state index contributed by atoms with van der Waals surface area (Å²) in [5, 5.41) is 7.81. The van der Waals surface area contributed by atoms with Gasteiger partial charge in [0.15, 0.2) is 5.96 Å². The Balaban J connectivity index is 0.00000264. The Hall–Kier alpha value is -1.22. The number of aliphatic imine (C=N–C) groups is 1. The van der Waals surface area contributed by atoms with Gasteiger partial charge in [-0.3, -0.25) is 9.98 Å². The predicted molar refractivity (Wildman–Crippen MR) is 108 cm³/mol. The molecule has 0 aromatic carbocycles. The molecule has 0 bridgehead atoms. The van der Waals surface area contributed by atoms with Gasteiger partial charge in [-0.25, -0.2) is 4.98 Å². The summed E-state index contributed by atoms with van der Waals surface area (Å²) >= 11 is 1.77. The minimum absolute atomic E-state index is 0. The number of nitrogens with one attached hydrogen (secondary N) is 2. The molecule has 0 fully saturated rings. The van der Waals surface area contributed by atoms with E-state index in [1.54, 1.807) is 24.6 Å². The average molecular weight is 445 g/mol. The number of aromatic nitrogens is 2. The molecule has 0 radical (unpaired) electrons. The number of hydrogen-bond acceptors (Lipinski definition) is 4. The van der Waals surface area contributed by atoms with Crippen LogP contribution in [-0.4, -0.2) is 36.1 Å². The van der Waals surface area contributed by atoms with Crippen LogP contribution in [0.5, 0.6) is 0 Å². The molecule has 2 aromatic rings. The van der Waals surface area contributed by atoms with Gasteiger partial charge in [-0.15, -0.1) is 35.3 Å². The van der Waals surface area contributed by atoms with Crippen molar-refractivity contribution in [1.29, 1.82) is 0 Å². The molecule has 2 rings (SSSR count). The first-order chi connectivity index (χ1) is 10.7. The third-order valence-corrected chi connectivity index (χ3v) is 4.49. The van der Waals surface area contributed by atoms with Crippen molar-refractivity contribution >= 4 is 41.3 Å². The van der Waals surface area contributed by atoms with E-state index >= 15 is 0 Å². The predicted octanol–water partition coefficient (Wildman–Crippen LogP) is 2.72. The van der Waals surface area contributed by atoms with Crippen LogP contribution in [0.1, 0.15) is 21.1 Å². The summed E-state index contributed by atoms with van der Waals surface area (Å²) in [5.74, 6) is 0.828. The molecule has 0 saturated carbocycles. The zero-order chi connectivity index (χ0) is 15.8. The first-order valence-electron chi connectivity index (χ1n) is 7.45. The van der Waals surface area contributed by atoms with Crippen LogP contribution in [0.15, 0.2) is 29.5 Å². The van der Waals surface area contributed by atoms with Gasteiger partial charge < -0.3 is 10.6 Å². The van der Waals surface area contributed by atoms with E-state index in [1.165, 1.54) is 15.4 Å². The lowest BCUT2D eigenvalue weighted by Gasteiger charge is -2.11. The van der Waals surface area contributed by atoms with Crippen LogP contribution in [-0.2, 0) is 12.8 Å². The topological polar surface area (TPSA) is 62.2 Å². The SMILES string of the molecule is CN=C(NCCc1cccnc1)NCCc1nc(C)c(C)s1.I. The van der Waals surface area contributed by atoms with E-state index in [-0.39, 0.29) is 24.0 Å². The highest BCUT2D eigenvalue weighted by Gasteiger charge is 2.04. The summed E-state index contributed by atoms with van der Waals surface area (Å²) in [6.45, 7) is 5.84. The number of thiazole rings is 1. The number of guanidine groups is 1. The molecule has 0 atom stereocenters. The normalized spacial score (nSPS) is 11.0. The molecule has 2 aromatic heterocycles. The molecular formula is C16H24IN5S. The van der Waals surface area contributed by atoms with Gasteiger partial charge in [0.25, 0.3) is 0 Å². The number of pyridine rings is 1. The molecule has 23 heavy (non-hydrogen) atoms. The molecule has 0 aliphatic rings. The summed E-state index contributed by atoms with van der Waals surface area (Å²) < 4.78 is 0. The number of aryl methyl sites for hydroxylation is 2. The number of hydrogen-bond donors (Lipinski definition) is 2. The van der Waals surface area contributed by atoms with E-state index in [9.17, 15) is 0 Å². The fraction of sp³-hybridized carbons (Fsp3) is 0.438. The van der Waals surface area contributed by atoms with Crippen molar-refractivity contribution in [3.8, 4) is 0 Å². The van der Waals surface area contributed by atoms with E-state index in [0.717, 1.165) is 37.6 Å². The van der Waals surface area contributed by atoms with Crippen LogP contribution in [0.4, 0.5) is 0 Å². The lowest BCUT2D eigenvalue weighted by molar-refractivity contribution is 0.780. The van der Waals surface area contributed by atoms with Gasteiger partial charge >= 0.3 is 0 Å². The van der Waals surface area contributed by atoms with Crippen LogP contribution in [0.2, 0.25) is 0 Å². The molecular weight excluding hydrogens is 421 g/mol. The largest absolute Gasteiger partial charge is 0.356 e. The Morgan fingerprint density at radius 2 is 1.96 bits per heavy atom. The molecule has 2 heterocycles. The van der Waals surface area contributed by atoms with E-state index in [4.69, 9.17) is 0 Å². The summed E-state index contributed by atoms with van der Waals surface area (Å²) in [6, 6.07) is 4.04. The van der Waals surface area contributed by atoms with Crippen LogP contribution in [0, 0.1) is 13.8 Å². The maximum atomic E-state index is 4.55. The van der Waals surface area contributed by atoms with E-state index in [2.05, 4.69) is 45.5 Å². The number of halogens is 1. The van der Waals surface area contributed by atoms with Gasteiger partial charge in [-0.2, -0.15) is 0 Å². The van der Waals surface area contributed by atoms with Gasteiger partial charge in [0.2, 0.25) is 0 Å². The summed E-state index contributed by atoms with van der Waals surface area (Å²) in [5.41, 5.74) is 2.36. The standard InChI is InChI=1S/C16H23N5S.HI/c1-12-13(2)22-15(21-12)7-10-20-16(17-3)19-9-6-14-5-4-8-18-11-14;/h4-5,8,11H,6-7,9-10H2,1-3H3,(H2,17,19,20);1H. The molecule has 0 spiro atoms. The summed E-state index contributed by atoms with van der Waals surface area (Å²) in [7, 11) is 1.79.